The van der Waals surface area contributed by atoms with Crippen molar-refractivity contribution in [2.24, 2.45) is 0 Å². The van der Waals surface area contributed by atoms with Crippen LogP contribution >= 0.6 is 0 Å². The van der Waals surface area contributed by atoms with Crippen LogP contribution in [0.3, 0.4) is 0 Å². The molecule has 0 radical (unpaired) electrons. The SMILES string of the molecule is CN(Cc1ccccc1OCC(=O)N1CCCCC1)C[C@@H]1CCCCO1. The summed E-state index contributed by atoms with van der Waals surface area (Å²) < 4.78 is 11.7. The Kier molecular flexibility index (Phi) is 7.32. The molecule has 26 heavy (non-hydrogen) atoms. The fourth-order valence-electron chi connectivity index (χ4n) is 3.80. The van der Waals surface area contributed by atoms with Gasteiger partial charge in [0.05, 0.1) is 6.10 Å². The molecule has 2 aliphatic rings. The second-order valence-electron chi connectivity index (χ2n) is 7.52. The zero-order valence-electron chi connectivity index (χ0n) is 16.0. The minimum atomic E-state index is 0.100. The lowest BCUT2D eigenvalue weighted by Gasteiger charge is -2.28. The molecule has 5 nitrogen and oxygen atoms in total. The summed E-state index contributed by atoms with van der Waals surface area (Å²) in [6, 6.07) is 8.04. The van der Waals surface area contributed by atoms with Gasteiger partial charge in [-0.05, 0) is 51.6 Å². The molecule has 144 valence electrons. The molecule has 2 fully saturated rings. The van der Waals surface area contributed by atoms with E-state index in [-0.39, 0.29) is 12.5 Å². The van der Waals surface area contributed by atoms with Crippen LogP contribution in [0, 0.1) is 0 Å². The van der Waals surface area contributed by atoms with Crippen molar-refractivity contribution in [2.45, 2.75) is 51.2 Å². The Morgan fingerprint density at radius 1 is 1.19 bits per heavy atom. The van der Waals surface area contributed by atoms with E-state index in [9.17, 15) is 4.79 Å². The summed E-state index contributed by atoms with van der Waals surface area (Å²) in [6.07, 6.45) is 7.37. The number of rotatable bonds is 7. The zero-order valence-corrected chi connectivity index (χ0v) is 16.0. The molecule has 0 spiro atoms. The maximum Gasteiger partial charge on any atom is 0.260 e. The molecule has 1 atom stereocenters. The number of likely N-dealkylation sites (tertiary alicyclic amines) is 1. The average molecular weight is 360 g/mol. The van der Waals surface area contributed by atoms with Crippen molar-refractivity contribution in [3.05, 3.63) is 29.8 Å². The highest BCUT2D eigenvalue weighted by Crippen LogP contribution is 2.21. The molecule has 2 saturated heterocycles. The number of nitrogens with zero attached hydrogens (tertiary/aromatic N) is 2. The van der Waals surface area contributed by atoms with Crippen LogP contribution in [0.2, 0.25) is 0 Å². The van der Waals surface area contributed by atoms with E-state index in [1.807, 2.05) is 23.1 Å². The predicted octanol–water partition coefficient (Wildman–Crippen LogP) is 3.08. The van der Waals surface area contributed by atoms with Crippen LogP contribution < -0.4 is 4.74 Å². The van der Waals surface area contributed by atoms with Crippen LogP contribution in [0.1, 0.15) is 44.1 Å². The quantitative estimate of drug-likeness (QED) is 0.749. The first-order chi connectivity index (χ1) is 12.7. The highest BCUT2D eigenvalue weighted by atomic mass is 16.5. The fraction of sp³-hybridized carbons (Fsp3) is 0.667. The Bertz CT molecular complexity index is 566. The van der Waals surface area contributed by atoms with E-state index in [1.165, 1.54) is 19.3 Å². The molecular formula is C21H32N2O3. The van der Waals surface area contributed by atoms with E-state index in [4.69, 9.17) is 9.47 Å². The van der Waals surface area contributed by atoms with Gasteiger partial charge in [0.15, 0.2) is 6.61 Å². The van der Waals surface area contributed by atoms with Crippen molar-refractivity contribution >= 4 is 5.91 Å². The van der Waals surface area contributed by atoms with Gasteiger partial charge in [0, 0.05) is 38.3 Å². The van der Waals surface area contributed by atoms with Gasteiger partial charge >= 0.3 is 0 Å². The van der Waals surface area contributed by atoms with Crippen molar-refractivity contribution in [1.82, 2.24) is 9.80 Å². The second kappa shape index (κ2) is 9.93. The van der Waals surface area contributed by atoms with Gasteiger partial charge in [0.1, 0.15) is 5.75 Å². The highest BCUT2D eigenvalue weighted by Gasteiger charge is 2.19. The van der Waals surface area contributed by atoms with Gasteiger partial charge in [0.25, 0.3) is 5.91 Å². The van der Waals surface area contributed by atoms with Gasteiger partial charge in [-0.15, -0.1) is 0 Å². The molecule has 1 amide bonds. The van der Waals surface area contributed by atoms with E-state index in [1.54, 1.807) is 0 Å². The smallest absolute Gasteiger partial charge is 0.260 e. The molecule has 2 heterocycles. The van der Waals surface area contributed by atoms with Crippen LogP contribution in [-0.4, -0.2) is 61.7 Å². The zero-order chi connectivity index (χ0) is 18.2. The summed E-state index contributed by atoms with van der Waals surface area (Å²) >= 11 is 0. The number of para-hydroxylation sites is 1. The first-order valence-corrected chi connectivity index (χ1v) is 10.0. The average Bonchev–Trinajstić information content (AvgIpc) is 2.68. The van der Waals surface area contributed by atoms with E-state index in [2.05, 4.69) is 18.0 Å². The normalized spacial score (nSPS) is 21.0. The molecule has 3 rings (SSSR count). The fourth-order valence-corrected chi connectivity index (χ4v) is 3.80. The van der Waals surface area contributed by atoms with Gasteiger partial charge in [-0.2, -0.15) is 0 Å². The largest absolute Gasteiger partial charge is 0.483 e. The third-order valence-electron chi connectivity index (χ3n) is 5.26. The molecule has 1 aromatic rings. The molecular weight excluding hydrogens is 328 g/mol. The predicted molar refractivity (Wildman–Crippen MR) is 102 cm³/mol. The number of benzene rings is 1. The standard InChI is InChI=1S/C21H32N2O3/c1-22(16-19-10-5-8-14-25-19)15-18-9-3-4-11-20(18)26-17-21(24)23-12-6-2-7-13-23/h3-4,9,11,19H,2,5-8,10,12-17H2,1H3/t19-/m0/s1. The maximum atomic E-state index is 12.3. The van der Waals surface area contributed by atoms with Crippen molar-refractivity contribution in [3.63, 3.8) is 0 Å². The van der Waals surface area contributed by atoms with Crippen LogP contribution in [0.15, 0.2) is 24.3 Å². The summed E-state index contributed by atoms with van der Waals surface area (Å²) in [5.41, 5.74) is 1.12. The first-order valence-electron chi connectivity index (χ1n) is 10.0. The topological polar surface area (TPSA) is 42.0 Å². The summed E-state index contributed by atoms with van der Waals surface area (Å²) in [5.74, 6) is 0.915. The second-order valence-corrected chi connectivity index (χ2v) is 7.52. The van der Waals surface area contributed by atoms with E-state index >= 15 is 0 Å². The lowest BCUT2D eigenvalue weighted by Crippen LogP contribution is -2.38. The van der Waals surface area contributed by atoms with Gasteiger partial charge in [0.2, 0.25) is 0 Å². The maximum absolute atomic E-state index is 12.3. The third kappa shape index (κ3) is 5.71. The number of piperidine rings is 1. The molecule has 0 saturated carbocycles. The summed E-state index contributed by atoms with van der Waals surface area (Å²) in [7, 11) is 2.12. The van der Waals surface area contributed by atoms with E-state index in [0.717, 1.165) is 63.4 Å². The van der Waals surface area contributed by atoms with Gasteiger partial charge < -0.3 is 14.4 Å². The molecule has 0 unspecified atom stereocenters. The van der Waals surface area contributed by atoms with Crippen molar-refractivity contribution in [1.29, 1.82) is 0 Å². The Balaban J connectivity index is 1.51. The van der Waals surface area contributed by atoms with Gasteiger partial charge in [-0.3, -0.25) is 9.69 Å². The number of likely N-dealkylation sites (N-methyl/N-ethyl adjacent to an activating group) is 1. The Morgan fingerprint density at radius 2 is 2.00 bits per heavy atom. The Labute approximate surface area is 157 Å². The Morgan fingerprint density at radius 3 is 2.77 bits per heavy atom. The van der Waals surface area contributed by atoms with Crippen LogP contribution in [0.25, 0.3) is 0 Å². The lowest BCUT2D eigenvalue weighted by atomic mass is 10.1. The number of amides is 1. The van der Waals surface area contributed by atoms with Crippen molar-refractivity contribution < 1.29 is 14.3 Å². The van der Waals surface area contributed by atoms with Crippen LogP contribution in [0.4, 0.5) is 0 Å². The van der Waals surface area contributed by atoms with Crippen molar-refractivity contribution in [3.8, 4) is 5.75 Å². The monoisotopic (exact) mass is 360 g/mol. The molecule has 0 aliphatic carbocycles. The molecule has 0 bridgehead atoms. The summed E-state index contributed by atoms with van der Waals surface area (Å²) in [4.78, 5) is 16.6. The van der Waals surface area contributed by atoms with Crippen LogP contribution in [0.5, 0.6) is 5.75 Å². The van der Waals surface area contributed by atoms with E-state index < -0.39 is 0 Å². The molecule has 2 aliphatic heterocycles. The highest BCUT2D eigenvalue weighted by molar-refractivity contribution is 5.77. The number of carbonyl (C=O) groups excluding carboxylic acids is 1. The number of hydrogen-bond acceptors (Lipinski definition) is 4. The summed E-state index contributed by atoms with van der Waals surface area (Å²) in [5, 5.41) is 0. The number of hydrogen-bond donors (Lipinski definition) is 0. The first kappa shape index (κ1) is 19.2. The third-order valence-corrected chi connectivity index (χ3v) is 5.26. The lowest BCUT2D eigenvalue weighted by molar-refractivity contribution is -0.134. The minimum Gasteiger partial charge on any atom is -0.483 e. The van der Waals surface area contributed by atoms with Gasteiger partial charge in [-0.1, -0.05) is 18.2 Å². The van der Waals surface area contributed by atoms with Gasteiger partial charge in [-0.25, -0.2) is 0 Å². The molecule has 0 N–H and O–H groups in total. The molecule has 1 aromatic carbocycles. The molecule has 0 aromatic heterocycles. The molecule has 5 heteroatoms. The number of carbonyl (C=O) groups is 1. The van der Waals surface area contributed by atoms with Crippen molar-refractivity contribution in [2.75, 3.05) is 39.9 Å². The number of ether oxygens (including phenoxy) is 2. The van der Waals surface area contributed by atoms with E-state index in [0.29, 0.717) is 6.10 Å². The minimum absolute atomic E-state index is 0.100. The summed E-state index contributed by atoms with van der Waals surface area (Å²) in [6.45, 7) is 4.49. The Hall–Kier alpha value is -1.59. The van der Waals surface area contributed by atoms with Crippen LogP contribution in [-0.2, 0) is 16.1 Å².